The highest BCUT2D eigenvalue weighted by Crippen LogP contribution is 2.55. The lowest BCUT2D eigenvalue weighted by atomic mass is 9.53. The lowest BCUT2D eigenvalue weighted by molar-refractivity contribution is -0.148. The summed E-state index contributed by atoms with van der Waals surface area (Å²) in [5.74, 6) is 1.12. The first-order chi connectivity index (χ1) is 16.7. The van der Waals surface area contributed by atoms with E-state index in [4.69, 9.17) is 4.74 Å². The molecule has 0 aromatic heterocycles. The molecule has 2 atom stereocenters. The van der Waals surface area contributed by atoms with Crippen molar-refractivity contribution in [1.29, 1.82) is 0 Å². The molecule has 0 spiro atoms. The molecule has 196 valence electrons. The van der Waals surface area contributed by atoms with E-state index >= 15 is 0 Å². The van der Waals surface area contributed by atoms with Crippen molar-refractivity contribution >= 4 is 23.7 Å². The number of likely N-dealkylation sites (N-methyl/N-ethyl adjacent to an activating group) is 1. The van der Waals surface area contributed by atoms with Gasteiger partial charge in [-0.15, -0.1) is 0 Å². The third kappa shape index (κ3) is 6.16. The maximum Gasteiger partial charge on any atom is 0.328 e. The van der Waals surface area contributed by atoms with Crippen molar-refractivity contribution in [2.75, 3.05) is 34.3 Å². The van der Waals surface area contributed by atoms with Crippen LogP contribution < -0.4 is 10.6 Å². The number of methoxy groups -OCH3 is 1. The van der Waals surface area contributed by atoms with E-state index in [9.17, 15) is 19.2 Å². The summed E-state index contributed by atoms with van der Waals surface area (Å²) in [7, 11) is 4.92. The third-order valence-corrected chi connectivity index (χ3v) is 8.48. The second kappa shape index (κ2) is 10.8. The topological polar surface area (TPSA) is 108 Å². The maximum atomic E-state index is 13.1. The second-order valence-electron chi connectivity index (χ2n) is 11.7. The van der Waals surface area contributed by atoms with E-state index in [1.807, 2.05) is 14.1 Å². The summed E-state index contributed by atoms with van der Waals surface area (Å²) in [5, 5.41) is 6.12. The Labute approximate surface area is 208 Å². The Morgan fingerprint density at radius 3 is 2.23 bits per heavy atom. The Kier molecular flexibility index (Phi) is 8.03. The first kappa shape index (κ1) is 25.9. The number of ether oxygens (including phenoxy) is 1. The van der Waals surface area contributed by atoms with Crippen LogP contribution in [-0.4, -0.2) is 85.4 Å². The number of rotatable bonds is 9. The highest BCUT2D eigenvalue weighted by molar-refractivity contribution is 5.91. The largest absolute Gasteiger partial charge is 0.467 e. The van der Waals surface area contributed by atoms with Gasteiger partial charge in [0.2, 0.25) is 17.7 Å². The van der Waals surface area contributed by atoms with Gasteiger partial charge in [0.1, 0.15) is 12.1 Å². The maximum absolute atomic E-state index is 13.1. The van der Waals surface area contributed by atoms with Crippen LogP contribution in [-0.2, 0) is 23.9 Å². The van der Waals surface area contributed by atoms with Gasteiger partial charge < -0.3 is 25.2 Å². The summed E-state index contributed by atoms with van der Waals surface area (Å²) < 4.78 is 4.92. The molecule has 4 saturated carbocycles. The monoisotopic (exact) mass is 490 g/mol. The Morgan fingerprint density at radius 1 is 1.03 bits per heavy atom. The molecule has 3 amide bonds. The number of esters is 1. The summed E-state index contributed by atoms with van der Waals surface area (Å²) in [4.78, 5) is 54.6. The van der Waals surface area contributed by atoms with E-state index in [0.29, 0.717) is 13.0 Å². The Hall–Kier alpha value is -2.16. The molecule has 9 nitrogen and oxygen atoms in total. The third-order valence-electron chi connectivity index (χ3n) is 8.48. The Morgan fingerprint density at radius 2 is 1.66 bits per heavy atom. The molecule has 1 saturated heterocycles. The number of piperidine rings is 1. The molecule has 0 aromatic carbocycles. The Bertz CT molecular complexity index is 793. The van der Waals surface area contributed by atoms with Gasteiger partial charge in [0.05, 0.1) is 13.7 Å². The molecule has 5 fully saturated rings. The van der Waals surface area contributed by atoms with Gasteiger partial charge in [-0.2, -0.15) is 0 Å². The van der Waals surface area contributed by atoms with Crippen LogP contribution in [0.4, 0.5) is 0 Å². The summed E-state index contributed by atoms with van der Waals surface area (Å²) in [5.41, 5.74) is -0.0781. The van der Waals surface area contributed by atoms with Crippen molar-refractivity contribution in [3.05, 3.63) is 0 Å². The van der Waals surface area contributed by atoms with Crippen molar-refractivity contribution in [2.24, 2.45) is 17.8 Å². The predicted octanol–water partition coefficient (Wildman–Crippen LogP) is 1.45. The zero-order chi connectivity index (χ0) is 25.2. The van der Waals surface area contributed by atoms with E-state index in [1.54, 1.807) is 9.80 Å². The van der Waals surface area contributed by atoms with Gasteiger partial charge in [-0.05, 0) is 96.1 Å². The van der Waals surface area contributed by atoms with Crippen molar-refractivity contribution in [3.63, 3.8) is 0 Å². The minimum Gasteiger partial charge on any atom is -0.467 e. The number of likely N-dealkylation sites (tertiary alicyclic amines) is 1. The van der Waals surface area contributed by atoms with Crippen LogP contribution in [0.15, 0.2) is 0 Å². The van der Waals surface area contributed by atoms with E-state index in [2.05, 4.69) is 10.6 Å². The quantitative estimate of drug-likeness (QED) is 0.474. The molecule has 4 aliphatic carbocycles. The average Bonchev–Trinajstić information content (AvgIpc) is 2.79. The molecule has 5 rings (SSSR count). The van der Waals surface area contributed by atoms with E-state index in [1.165, 1.54) is 26.4 Å². The Balaban J connectivity index is 1.33. The minimum atomic E-state index is -0.914. The first-order valence-corrected chi connectivity index (χ1v) is 13.3. The number of carbonyl (C=O) groups excluding carboxylic acids is 4. The standard InChI is InChI=1S/C26H42N4O5/c1-29(2)16-23(32)30-9-5-4-6-21(30)24(33)27-20(25(34)35-3)7-8-22(31)28-26-13-17-10-18(14-26)12-19(11-17)15-26/h17-21H,4-16H2,1-3H3,(H,27,33)(H,28,31)/t17?,18?,19?,20-,21-,26?/m0/s1. The zero-order valence-electron chi connectivity index (χ0n) is 21.5. The van der Waals surface area contributed by atoms with Crippen LogP contribution >= 0.6 is 0 Å². The molecule has 5 aliphatic rings. The lowest BCUT2D eigenvalue weighted by Gasteiger charge is -2.57. The van der Waals surface area contributed by atoms with Crippen LogP contribution in [0.25, 0.3) is 0 Å². The molecule has 9 heteroatoms. The van der Waals surface area contributed by atoms with Crippen molar-refractivity contribution in [2.45, 2.75) is 88.3 Å². The summed E-state index contributed by atoms with van der Waals surface area (Å²) >= 11 is 0. The zero-order valence-corrected chi connectivity index (χ0v) is 21.5. The molecule has 0 radical (unpaired) electrons. The van der Waals surface area contributed by atoms with Crippen LogP contribution in [0.2, 0.25) is 0 Å². The first-order valence-electron chi connectivity index (χ1n) is 13.3. The van der Waals surface area contributed by atoms with Crippen LogP contribution in [0.5, 0.6) is 0 Å². The van der Waals surface area contributed by atoms with Crippen molar-refractivity contribution in [1.82, 2.24) is 20.4 Å². The normalized spacial score (nSPS) is 32.3. The van der Waals surface area contributed by atoms with Crippen LogP contribution in [0.3, 0.4) is 0 Å². The van der Waals surface area contributed by atoms with Crippen LogP contribution in [0.1, 0.15) is 70.6 Å². The number of hydrogen-bond acceptors (Lipinski definition) is 6. The number of carbonyl (C=O) groups is 4. The highest BCUT2D eigenvalue weighted by Gasteiger charge is 2.51. The summed E-state index contributed by atoms with van der Waals surface area (Å²) in [6.45, 7) is 0.760. The van der Waals surface area contributed by atoms with E-state index in [0.717, 1.165) is 49.9 Å². The van der Waals surface area contributed by atoms with Gasteiger partial charge >= 0.3 is 5.97 Å². The number of nitrogens with one attached hydrogen (secondary N) is 2. The molecule has 2 N–H and O–H groups in total. The molecule has 35 heavy (non-hydrogen) atoms. The average molecular weight is 491 g/mol. The van der Waals surface area contributed by atoms with Gasteiger partial charge in [-0.1, -0.05) is 0 Å². The van der Waals surface area contributed by atoms with Gasteiger partial charge in [0.15, 0.2) is 0 Å². The fourth-order valence-corrected chi connectivity index (χ4v) is 7.42. The fourth-order valence-electron chi connectivity index (χ4n) is 7.42. The van der Waals surface area contributed by atoms with Gasteiger partial charge in [0, 0.05) is 18.5 Å². The molecular weight excluding hydrogens is 448 g/mol. The molecule has 0 unspecified atom stereocenters. The fraction of sp³-hybridized carbons (Fsp3) is 0.846. The number of nitrogens with zero attached hydrogens (tertiary/aromatic N) is 2. The van der Waals surface area contributed by atoms with Crippen molar-refractivity contribution < 1.29 is 23.9 Å². The van der Waals surface area contributed by atoms with E-state index < -0.39 is 18.1 Å². The number of amides is 3. The molecule has 1 heterocycles. The SMILES string of the molecule is COC(=O)[C@H](CCC(=O)NC12CC3CC(CC(C3)C1)C2)NC(=O)[C@@H]1CCCCN1C(=O)CN(C)C. The predicted molar refractivity (Wildman–Crippen MR) is 130 cm³/mol. The number of hydrogen-bond donors (Lipinski definition) is 2. The molecule has 0 aromatic rings. The minimum absolute atomic E-state index is 0.0597. The molecule has 1 aliphatic heterocycles. The van der Waals surface area contributed by atoms with Gasteiger partial charge in [-0.25, -0.2) is 4.79 Å². The smallest absolute Gasteiger partial charge is 0.328 e. The molecule has 4 bridgehead atoms. The highest BCUT2D eigenvalue weighted by atomic mass is 16.5. The van der Waals surface area contributed by atoms with Gasteiger partial charge in [0.25, 0.3) is 0 Å². The van der Waals surface area contributed by atoms with Gasteiger partial charge in [-0.3, -0.25) is 14.4 Å². The van der Waals surface area contributed by atoms with E-state index in [-0.39, 0.29) is 42.6 Å². The van der Waals surface area contributed by atoms with Crippen LogP contribution in [0, 0.1) is 17.8 Å². The second-order valence-corrected chi connectivity index (χ2v) is 11.7. The lowest BCUT2D eigenvalue weighted by Crippen LogP contribution is -2.60. The molecular formula is C26H42N4O5. The summed E-state index contributed by atoms with van der Waals surface area (Å²) in [6, 6.07) is -1.52. The van der Waals surface area contributed by atoms with Crippen molar-refractivity contribution in [3.8, 4) is 0 Å². The summed E-state index contributed by atoms with van der Waals surface area (Å²) in [6.07, 6.45) is 9.72.